The van der Waals surface area contributed by atoms with Gasteiger partial charge in [0.1, 0.15) is 16.7 Å². The van der Waals surface area contributed by atoms with Gasteiger partial charge in [-0.05, 0) is 33.6 Å². The van der Waals surface area contributed by atoms with Gasteiger partial charge in [0.25, 0.3) is 0 Å². The van der Waals surface area contributed by atoms with Gasteiger partial charge in [-0.15, -0.1) is 0 Å². The Kier molecular flexibility index (Phi) is 4.93. The van der Waals surface area contributed by atoms with Gasteiger partial charge in [-0.2, -0.15) is 5.10 Å². The van der Waals surface area contributed by atoms with E-state index in [9.17, 15) is 0 Å². The van der Waals surface area contributed by atoms with Gasteiger partial charge in [-0.1, -0.05) is 0 Å². The molecule has 0 saturated heterocycles. The van der Waals surface area contributed by atoms with Gasteiger partial charge in [-0.25, -0.2) is 14.6 Å². The van der Waals surface area contributed by atoms with Gasteiger partial charge >= 0.3 is 0 Å². The molecule has 2 heterocycles. The maximum absolute atomic E-state index is 5.38. The average Bonchev–Trinajstić information content (AvgIpc) is 2.93. The molecule has 1 N–H and O–H groups in total. The number of halogens is 1. The third-order valence-electron chi connectivity index (χ3n) is 3.76. The number of benzene rings is 1. The fourth-order valence-electron chi connectivity index (χ4n) is 2.60. The number of nitrogens with zero attached hydrogens (tertiary/aromatic N) is 4. The summed E-state index contributed by atoms with van der Waals surface area (Å²) in [4.78, 5) is 8.58. The number of aromatic nitrogens is 4. The van der Waals surface area contributed by atoms with Gasteiger partial charge < -0.3 is 19.5 Å². The van der Waals surface area contributed by atoms with Gasteiger partial charge in [0.2, 0.25) is 5.75 Å². The first-order chi connectivity index (χ1) is 12.1. The van der Waals surface area contributed by atoms with Crippen molar-refractivity contribution in [3.63, 3.8) is 0 Å². The summed E-state index contributed by atoms with van der Waals surface area (Å²) < 4.78 is 18.5. The van der Waals surface area contributed by atoms with Crippen LogP contribution in [0.3, 0.4) is 0 Å². The first-order valence-electron chi connectivity index (χ1n) is 7.45. The van der Waals surface area contributed by atoms with Crippen LogP contribution < -0.4 is 19.5 Å². The number of nitrogens with one attached hydrogen (secondary N) is 1. The van der Waals surface area contributed by atoms with Crippen LogP contribution >= 0.6 is 15.9 Å². The minimum absolute atomic E-state index is 0.518. The quantitative estimate of drug-likeness (QED) is 0.672. The molecule has 0 fully saturated rings. The van der Waals surface area contributed by atoms with E-state index in [1.807, 2.05) is 19.2 Å². The molecule has 0 aliphatic rings. The molecule has 0 amide bonds. The number of methoxy groups -OCH3 is 3. The van der Waals surface area contributed by atoms with Crippen molar-refractivity contribution in [3.05, 3.63) is 28.6 Å². The number of fused-ring (bicyclic) bond motifs is 1. The van der Waals surface area contributed by atoms with E-state index in [4.69, 9.17) is 14.2 Å². The van der Waals surface area contributed by atoms with Crippen LogP contribution in [0.15, 0.2) is 23.1 Å². The SMILES string of the molecule is COc1cc(CNc2ncnc3c2c(Br)nn3C)cc(OC)c1OC. The Morgan fingerprint density at radius 2 is 1.76 bits per heavy atom. The molecule has 0 radical (unpaired) electrons. The number of anilines is 1. The zero-order valence-corrected chi connectivity index (χ0v) is 15.9. The predicted octanol–water partition coefficient (Wildman–Crippen LogP) is 2.76. The Bertz CT molecular complexity index is 887. The van der Waals surface area contributed by atoms with Gasteiger partial charge in [-0.3, -0.25) is 0 Å². The number of ether oxygens (including phenoxy) is 3. The van der Waals surface area contributed by atoms with Crippen LogP contribution in [0, 0.1) is 0 Å². The zero-order chi connectivity index (χ0) is 18.0. The highest BCUT2D eigenvalue weighted by Crippen LogP contribution is 2.38. The summed E-state index contributed by atoms with van der Waals surface area (Å²) in [5, 5.41) is 8.46. The molecule has 132 valence electrons. The Labute approximate surface area is 153 Å². The monoisotopic (exact) mass is 407 g/mol. The molecule has 3 rings (SSSR count). The van der Waals surface area contributed by atoms with E-state index in [1.54, 1.807) is 26.0 Å². The third-order valence-corrected chi connectivity index (χ3v) is 4.32. The summed E-state index contributed by atoms with van der Waals surface area (Å²) in [6, 6.07) is 3.79. The van der Waals surface area contributed by atoms with E-state index in [-0.39, 0.29) is 0 Å². The minimum Gasteiger partial charge on any atom is -0.493 e. The van der Waals surface area contributed by atoms with Crippen molar-refractivity contribution in [1.82, 2.24) is 19.7 Å². The Hall–Kier alpha value is -2.55. The molecule has 0 saturated carbocycles. The molecule has 0 aliphatic heterocycles. The smallest absolute Gasteiger partial charge is 0.203 e. The molecule has 0 bridgehead atoms. The summed E-state index contributed by atoms with van der Waals surface area (Å²) in [6.07, 6.45) is 1.51. The molecule has 1 aromatic carbocycles. The van der Waals surface area contributed by atoms with Crippen LogP contribution in [0.25, 0.3) is 11.0 Å². The topological polar surface area (TPSA) is 83.3 Å². The Morgan fingerprint density at radius 3 is 2.36 bits per heavy atom. The molecular formula is C16H18BrN5O3. The number of hydrogen-bond donors (Lipinski definition) is 1. The van der Waals surface area contributed by atoms with E-state index in [0.29, 0.717) is 34.2 Å². The molecule has 9 heteroatoms. The van der Waals surface area contributed by atoms with E-state index in [0.717, 1.165) is 16.6 Å². The fourth-order valence-corrected chi connectivity index (χ4v) is 3.20. The summed E-state index contributed by atoms with van der Waals surface area (Å²) in [7, 11) is 6.60. The molecular weight excluding hydrogens is 390 g/mol. The highest BCUT2D eigenvalue weighted by atomic mass is 79.9. The van der Waals surface area contributed by atoms with Gasteiger partial charge in [0.05, 0.1) is 26.7 Å². The average molecular weight is 408 g/mol. The number of aryl methyl sites for hydroxylation is 1. The van der Waals surface area contributed by atoms with E-state index in [1.165, 1.54) is 6.33 Å². The van der Waals surface area contributed by atoms with Crippen molar-refractivity contribution in [2.75, 3.05) is 26.6 Å². The van der Waals surface area contributed by atoms with Gasteiger partial charge in [0, 0.05) is 13.6 Å². The number of hydrogen-bond acceptors (Lipinski definition) is 7. The van der Waals surface area contributed by atoms with E-state index >= 15 is 0 Å². The molecule has 0 spiro atoms. The lowest BCUT2D eigenvalue weighted by molar-refractivity contribution is 0.324. The lowest BCUT2D eigenvalue weighted by Gasteiger charge is -2.14. The maximum atomic E-state index is 5.38. The van der Waals surface area contributed by atoms with Crippen molar-refractivity contribution in [3.8, 4) is 17.2 Å². The van der Waals surface area contributed by atoms with Crippen LogP contribution in [0.5, 0.6) is 17.2 Å². The van der Waals surface area contributed by atoms with Crippen LogP contribution in [0.4, 0.5) is 5.82 Å². The van der Waals surface area contributed by atoms with Crippen molar-refractivity contribution < 1.29 is 14.2 Å². The minimum atomic E-state index is 0.518. The van der Waals surface area contributed by atoms with Gasteiger partial charge in [0.15, 0.2) is 17.1 Å². The fraction of sp³-hybridized carbons (Fsp3) is 0.312. The van der Waals surface area contributed by atoms with Crippen molar-refractivity contribution in [2.24, 2.45) is 7.05 Å². The first-order valence-corrected chi connectivity index (χ1v) is 8.24. The standard InChI is InChI=1S/C16H18BrN5O3/c1-22-16-12(14(17)21-22)15(19-8-20-16)18-7-9-5-10(23-2)13(25-4)11(6-9)24-3/h5-6,8H,7H2,1-4H3,(H,18,19,20). The van der Waals surface area contributed by atoms with E-state index < -0.39 is 0 Å². The zero-order valence-electron chi connectivity index (χ0n) is 14.3. The summed E-state index contributed by atoms with van der Waals surface area (Å²) in [6.45, 7) is 0.518. The molecule has 8 nitrogen and oxygen atoms in total. The van der Waals surface area contributed by atoms with Crippen LogP contribution in [0.2, 0.25) is 0 Å². The van der Waals surface area contributed by atoms with Crippen LogP contribution in [-0.4, -0.2) is 41.1 Å². The second kappa shape index (κ2) is 7.14. The summed E-state index contributed by atoms with van der Waals surface area (Å²) in [5.74, 6) is 2.47. The summed E-state index contributed by atoms with van der Waals surface area (Å²) in [5.41, 5.74) is 1.70. The lowest BCUT2D eigenvalue weighted by atomic mass is 10.1. The normalized spacial score (nSPS) is 10.8. The van der Waals surface area contributed by atoms with Crippen molar-refractivity contribution in [1.29, 1.82) is 0 Å². The second-order valence-corrected chi connectivity index (χ2v) is 5.97. The molecule has 0 atom stereocenters. The molecule has 3 aromatic rings. The Balaban J connectivity index is 1.92. The maximum Gasteiger partial charge on any atom is 0.203 e. The van der Waals surface area contributed by atoms with E-state index in [2.05, 4.69) is 36.3 Å². The largest absolute Gasteiger partial charge is 0.493 e. The summed E-state index contributed by atoms with van der Waals surface area (Å²) >= 11 is 3.45. The molecule has 25 heavy (non-hydrogen) atoms. The third kappa shape index (κ3) is 3.19. The first kappa shape index (κ1) is 17.3. The highest BCUT2D eigenvalue weighted by molar-refractivity contribution is 9.10. The lowest BCUT2D eigenvalue weighted by Crippen LogP contribution is -2.04. The molecule has 0 aliphatic carbocycles. The van der Waals surface area contributed by atoms with Crippen molar-refractivity contribution in [2.45, 2.75) is 6.54 Å². The molecule has 2 aromatic heterocycles. The highest BCUT2D eigenvalue weighted by Gasteiger charge is 2.15. The Morgan fingerprint density at radius 1 is 1.08 bits per heavy atom. The second-order valence-electron chi connectivity index (χ2n) is 5.22. The molecule has 0 unspecified atom stereocenters. The number of rotatable bonds is 6. The van der Waals surface area contributed by atoms with Crippen molar-refractivity contribution >= 4 is 32.8 Å². The predicted molar refractivity (Wildman–Crippen MR) is 97.4 cm³/mol. The van der Waals surface area contributed by atoms with Crippen LogP contribution in [0.1, 0.15) is 5.56 Å². The van der Waals surface area contributed by atoms with Crippen LogP contribution in [-0.2, 0) is 13.6 Å².